The third kappa shape index (κ3) is 2.11. The number of hydrogen-bond donors (Lipinski definition) is 1. The Kier molecular flexibility index (Phi) is 2.72. The standard InChI is InChI=1S/C12H9F2NO/c13-8-4-6-9(7-5-8)16-11-3-1-2-10(14)12(11)15/h1-7H,15H2. The van der Waals surface area contributed by atoms with Crippen LogP contribution in [0.15, 0.2) is 42.5 Å². The van der Waals surface area contributed by atoms with Crippen molar-refractivity contribution in [3.63, 3.8) is 0 Å². The molecule has 0 aromatic heterocycles. The molecule has 2 N–H and O–H groups in total. The van der Waals surface area contributed by atoms with Crippen molar-refractivity contribution >= 4 is 5.69 Å². The highest BCUT2D eigenvalue weighted by molar-refractivity contribution is 5.54. The number of nitrogens with two attached hydrogens (primary N) is 1. The Bertz CT molecular complexity index is 497. The molecule has 4 heteroatoms. The molecule has 0 bridgehead atoms. The van der Waals surface area contributed by atoms with Crippen LogP contribution in [0.25, 0.3) is 0 Å². The molecule has 2 aromatic carbocycles. The first-order valence-electron chi connectivity index (χ1n) is 4.64. The van der Waals surface area contributed by atoms with Gasteiger partial charge in [0.25, 0.3) is 0 Å². The van der Waals surface area contributed by atoms with Crippen LogP contribution in [-0.4, -0.2) is 0 Å². The van der Waals surface area contributed by atoms with Gasteiger partial charge in [-0.25, -0.2) is 8.78 Å². The maximum absolute atomic E-state index is 13.1. The fraction of sp³-hybridized carbons (Fsp3) is 0. The van der Waals surface area contributed by atoms with E-state index in [1.807, 2.05) is 0 Å². The summed E-state index contributed by atoms with van der Waals surface area (Å²) < 4.78 is 31.0. The number of hydrogen-bond acceptors (Lipinski definition) is 2. The normalized spacial score (nSPS) is 10.1. The van der Waals surface area contributed by atoms with E-state index in [1.54, 1.807) is 6.07 Å². The van der Waals surface area contributed by atoms with E-state index in [0.29, 0.717) is 5.75 Å². The van der Waals surface area contributed by atoms with E-state index in [4.69, 9.17) is 10.5 Å². The maximum atomic E-state index is 13.1. The van der Waals surface area contributed by atoms with Crippen LogP contribution >= 0.6 is 0 Å². The number of halogens is 2. The van der Waals surface area contributed by atoms with E-state index in [0.717, 1.165) is 0 Å². The van der Waals surface area contributed by atoms with Gasteiger partial charge in [-0.05, 0) is 36.4 Å². The Morgan fingerprint density at radius 2 is 1.62 bits per heavy atom. The molecule has 0 heterocycles. The average molecular weight is 221 g/mol. The average Bonchev–Trinajstić information content (AvgIpc) is 2.28. The number of ether oxygens (including phenoxy) is 1. The van der Waals surface area contributed by atoms with Crippen molar-refractivity contribution in [3.8, 4) is 11.5 Å². The van der Waals surface area contributed by atoms with Gasteiger partial charge in [0, 0.05) is 0 Å². The monoisotopic (exact) mass is 221 g/mol. The zero-order valence-electron chi connectivity index (χ0n) is 8.28. The van der Waals surface area contributed by atoms with E-state index in [9.17, 15) is 8.78 Å². The lowest BCUT2D eigenvalue weighted by Crippen LogP contribution is -1.95. The SMILES string of the molecule is Nc1c(F)cccc1Oc1ccc(F)cc1. The van der Waals surface area contributed by atoms with Gasteiger partial charge in [0.05, 0.1) is 0 Å². The molecule has 0 saturated heterocycles. The summed E-state index contributed by atoms with van der Waals surface area (Å²) in [7, 11) is 0. The van der Waals surface area contributed by atoms with Crippen LogP contribution in [0.3, 0.4) is 0 Å². The van der Waals surface area contributed by atoms with Crippen LogP contribution in [0.2, 0.25) is 0 Å². The smallest absolute Gasteiger partial charge is 0.153 e. The van der Waals surface area contributed by atoms with Gasteiger partial charge >= 0.3 is 0 Å². The summed E-state index contributed by atoms with van der Waals surface area (Å²) in [5.41, 5.74) is 5.42. The van der Waals surface area contributed by atoms with Crippen molar-refractivity contribution in [1.82, 2.24) is 0 Å². The molecule has 0 atom stereocenters. The van der Waals surface area contributed by atoms with Crippen LogP contribution < -0.4 is 10.5 Å². The molecule has 0 unspecified atom stereocenters. The van der Waals surface area contributed by atoms with Crippen molar-refractivity contribution in [2.24, 2.45) is 0 Å². The predicted octanol–water partition coefficient (Wildman–Crippen LogP) is 3.34. The van der Waals surface area contributed by atoms with Crippen molar-refractivity contribution < 1.29 is 13.5 Å². The largest absolute Gasteiger partial charge is 0.455 e. The number of benzene rings is 2. The number of para-hydroxylation sites is 1. The lowest BCUT2D eigenvalue weighted by atomic mass is 10.3. The highest BCUT2D eigenvalue weighted by atomic mass is 19.1. The van der Waals surface area contributed by atoms with Crippen molar-refractivity contribution in [2.45, 2.75) is 0 Å². The van der Waals surface area contributed by atoms with Crippen molar-refractivity contribution in [1.29, 1.82) is 0 Å². The molecule has 16 heavy (non-hydrogen) atoms. The van der Waals surface area contributed by atoms with Gasteiger partial charge in [-0.2, -0.15) is 0 Å². The predicted molar refractivity (Wildman–Crippen MR) is 57.3 cm³/mol. The minimum Gasteiger partial charge on any atom is -0.455 e. The van der Waals surface area contributed by atoms with Gasteiger partial charge in [0.15, 0.2) is 5.75 Å². The molecule has 0 aliphatic heterocycles. The molecule has 0 saturated carbocycles. The Balaban J connectivity index is 2.27. The molecule has 2 rings (SSSR count). The molecular weight excluding hydrogens is 212 g/mol. The summed E-state index contributed by atoms with van der Waals surface area (Å²) in [4.78, 5) is 0. The second-order valence-corrected chi connectivity index (χ2v) is 3.21. The first-order valence-corrected chi connectivity index (χ1v) is 4.64. The molecule has 2 nitrogen and oxygen atoms in total. The van der Waals surface area contributed by atoms with E-state index in [1.165, 1.54) is 36.4 Å². The molecule has 82 valence electrons. The summed E-state index contributed by atoms with van der Waals surface area (Å²) in [6.07, 6.45) is 0. The lowest BCUT2D eigenvalue weighted by molar-refractivity contribution is 0.478. The topological polar surface area (TPSA) is 35.2 Å². The molecule has 0 radical (unpaired) electrons. The summed E-state index contributed by atoms with van der Waals surface area (Å²) in [6, 6.07) is 9.67. The molecule has 0 aliphatic carbocycles. The quantitative estimate of drug-likeness (QED) is 0.789. The second kappa shape index (κ2) is 4.18. The van der Waals surface area contributed by atoms with Crippen LogP contribution in [0.5, 0.6) is 11.5 Å². The second-order valence-electron chi connectivity index (χ2n) is 3.21. The summed E-state index contributed by atoms with van der Waals surface area (Å²) >= 11 is 0. The van der Waals surface area contributed by atoms with Crippen LogP contribution in [-0.2, 0) is 0 Å². The first kappa shape index (κ1) is 10.4. The summed E-state index contributed by atoms with van der Waals surface area (Å²) in [5.74, 6) is -0.288. The van der Waals surface area contributed by atoms with Crippen LogP contribution in [0.1, 0.15) is 0 Å². The summed E-state index contributed by atoms with van der Waals surface area (Å²) in [5, 5.41) is 0. The van der Waals surface area contributed by atoms with Gasteiger partial charge in [-0.3, -0.25) is 0 Å². The Labute approximate surface area is 91.3 Å². The van der Waals surface area contributed by atoms with Gasteiger partial charge in [0.1, 0.15) is 23.1 Å². The zero-order valence-corrected chi connectivity index (χ0v) is 8.28. The van der Waals surface area contributed by atoms with E-state index >= 15 is 0 Å². The number of anilines is 1. The fourth-order valence-electron chi connectivity index (χ4n) is 1.24. The molecule has 2 aromatic rings. The molecular formula is C12H9F2NO. The van der Waals surface area contributed by atoms with Gasteiger partial charge in [-0.1, -0.05) is 6.07 Å². The van der Waals surface area contributed by atoms with E-state index in [-0.39, 0.29) is 17.3 Å². The Morgan fingerprint density at radius 3 is 2.31 bits per heavy atom. The van der Waals surface area contributed by atoms with Gasteiger partial charge in [-0.15, -0.1) is 0 Å². The van der Waals surface area contributed by atoms with E-state index in [2.05, 4.69) is 0 Å². The highest BCUT2D eigenvalue weighted by Gasteiger charge is 2.06. The third-order valence-electron chi connectivity index (χ3n) is 2.05. The fourth-order valence-corrected chi connectivity index (χ4v) is 1.24. The van der Waals surface area contributed by atoms with Crippen molar-refractivity contribution in [2.75, 3.05) is 5.73 Å². The molecule has 0 fully saturated rings. The molecule has 0 spiro atoms. The molecule has 0 aliphatic rings. The summed E-state index contributed by atoms with van der Waals surface area (Å²) in [6.45, 7) is 0. The highest BCUT2D eigenvalue weighted by Crippen LogP contribution is 2.28. The number of nitrogen functional groups attached to an aromatic ring is 1. The molecule has 0 amide bonds. The van der Waals surface area contributed by atoms with Crippen LogP contribution in [0.4, 0.5) is 14.5 Å². The third-order valence-corrected chi connectivity index (χ3v) is 2.05. The van der Waals surface area contributed by atoms with Gasteiger partial charge < -0.3 is 10.5 Å². The van der Waals surface area contributed by atoms with Crippen molar-refractivity contribution in [3.05, 3.63) is 54.1 Å². The lowest BCUT2D eigenvalue weighted by Gasteiger charge is -2.08. The minimum absolute atomic E-state index is 0.0631. The Hall–Kier alpha value is -2.10. The zero-order chi connectivity index (χ0) is 11.5. The minimum atomic E-state index is -0.542. The first-order chi connectivity index (χ1) is 7.66. The Morgan fingerprint density at radius 1 is 0.938 bits per heavy atom. The maximum Gasteiger partial charge on any atom is 0.153 e. The number of rotatable bonds is 2. The van der Waals surface area contributed by atoms with Gasteiger partial charge in [0.2, 0.25) is 0 Å². The van der Waals surface area contributed by atoms with Crippen LogP contribution in [0, 0.1) is 11.6 Å². The van der Waals surface area contributed by atoms with E-state index < -0.39 is 5.82 Å².